The van der Waals surface area contributed by atoms with Crippen molar-refractivity contribution in [1.29, 1.82) is 0 Å². The lowest BCUT2D eigenvalue weighted by Gasteiger charge is -2.22. The summed E-state index contributed by atoms with van der Waals surface area (Å²) >= 11 is 0. The molecule has 0 aliphatic heterocycles. The molecule has 2 aromatic carbocycles. The van der Waals surface area contributed by atoms with Gasteiger partial charge in [-0.1, -0.05) is 13.0 Å². The Morgan fingerprint density at radius 1 is 1.07 bits per heavy atom. The summed E-state index contributed by atoms with van der Waals surface area (Å²) in [6.45, 7) is 4.06. The highest BCUT2D eigenvalue weighted by Gasteiger charge is 2.21. The monoisotopic (exact) mass is 434 g/mol. The van der Waals surface area contributed by atoms with Gasteiger partial charge in [-0.25, -0.2) is 13.2 Å². The van der Waals surface area contributed by atoms with Gasteiger partial charge in [0.05, 0.1) is 30.7 Å². The van der Waals surface area contributed by atoms with Gasteiger partial charge in [-0.3, -0.25) is 9.10 Å². The van der Waals surface area contributed by atoms with Gasteiger partial charge in [-0.15, -0.1) is 0 Å². The maximum Gasteiger partial charge on any atom is 0.338 e. The van der Waals surface area contributed by atoms with Crippen molar-refractivity contribution in [2.24, 2.45) is 0 Å². The molecule has 0 aliphatic rings. The Kier molecular flexibility index (Phi) is 8.23. The van der Waals surface area contributed by atoms with E-state index in [1.54, 1.807) is 49.4 Å². The first-order chi connectivity index (χ1) is 14.2. The van der Waals surface area contributed by atoms with Crippen LogP contribution < -0.4 is 14.4 Å². The third kappa shape index (κ3) is 6.77. The number of ether oxygens (including phenoxy) is 2. The number of esters is 1. The lowest BCUT2D eigenvalue weighted by molar-refractivity contribution is -0.114. The molecule has 162 valence electrons. The zero-order valence-corrected chi connectivity index (χ0v) is 18.1. The Morgan fingerprint density at radius 2 is 1.77 bits per heavy atom. The van der Waals surface area contributed by atoms with Gasteiger partial charge in [0.1, 0.15) is 12.3 Å². The maximum atomic E-state index is 12.5. The molecule has 0 unspecified atom stereocenters. The van der Waals surface area contributed by atoms with Crippen LogP contribution in [0.4, 0.5) is 11.4 Å². The molecule has 2 rings (SSSR count). The quantitative estimate of drug-likeness (QED) is 0.577. The molecular formula is C21H26N2O6S. The summed E-state index contributed by atoms with van der Waals surface area (Å²) in [6.07, 6.45) is 1.89. The average molecular weight is 435 g/mol. The second-order valence-corrected chi connectivity index (χ2v) is 8.37. The molecule has 0 radical (unpaired) electrons. The first-order valence-electron chi connectivity index (χ1n) is 9.52. The minimum Gasteiger partial charge on any atom is -0.494 e. The summed E-state index contributed by atoms with van der Waals surface area (Å²) in [4.78, 5) is 24.3. The summed E-state index contributed by atoms with van der Waals surface area (Å²) in [5.74, 6) is -0.432. The average Bonchev–Trinajstić information content (AvgIpc) is 2.70. The van der Waals surface area contributed by atoms with Crippen LogP contribution in [0.3, 0.4) is 0 Å². The molecule has 0 atom stereocenters. The van der Waals surface area contributed by atoms with Crippen LogP contribution in [0.15, 0.2) is 48.5 Å². The number of carbonyl (C=O) groups excluding carboxylic acids is 2. The van der Waals surface area contributed by atoms with Gasteiger partial charge >= 0.3 is 5.97 Å². The molecule has 2 aromatic rings. The number of carbonyl (C=O) groups is 2. The van der Waals surface area contributed by atoms with Crippen LogP contribution in [-0.4, -0.2) is 46.3 Å². The fraction of sp³-hybridized carbons (Fsp3) is 0.333. The molecule has 0 saturated heterocycles. The van der Waals surface area contributed by atoms with E-state index in [2.05, 4.69) is 5.32 Å². The lowest BCUT2D eigenvalue weighted by Crippen LogP contribution is -2.37. The lowest BCUT2D eigenvalue weighted by atomic mass is 10.2. The van der Waals surface area contributed by atoms with E-state index in [0.717, 1.165) is 17.0 Å². The number of benzene rings is 2. The van der Waals surface area contributed by atoms with E-state index >= 15 is 0 Å². The van der Waals surface area contributed by atoms with E-state index in [4.69, 9.17) is 9.47 Å². The van der Waals surface area contributed by atoms with Crippen LogP contribution >= 0.6 is 0 Å². The number of sulfonamides is 1. The summed E-state index contributed by atoms with van der Waals surface area (Å²) in [5, 5.41) is 2.61. The Morgan fingerprint density at radius 3 is 2.37 bits per heavy atom. The van der Waals surface area contributed by atoms with Crippen LogP contribution in [0.2, 0.25) is 0 Å². The van der Waals surface area contributed by atoms with Crippen molar-refractivity contribution < 1.29 is 27.5 Å². The molecule has 0 aliphatic carbocycles. The van der Waals surface area contributed by atoms with Gasteiger partial charge < -0.3 is 14.8 Å². The van der Waals surface area contributed by atoms with Crippen molar-refractivity contribution in [2.75, 3.05) is 35.6 Å². The predicted molar refractivity (Wildman–Crippen MR) is 115 cm³/mol. The fourth-order valence-electron chi connectivity index (χ4n) is 2.60. The molecule has 0 saturated carbocycles. The van der Waals surface area contributed by atoms with Crippen LogP contribution in [0.1, 0.15) is 30.6 Å². The molecule has 0 bridgehead atoms. The van der Waals surface area contributed by atoms with E-state index in [-0.39, 0.29) is 12.2 Å². The van der Waals surface area contributed by atoms with E-state index in [0.29, 0.717) is 23.7 Å². The maximum absolute atomic E-state index is 12.5. The highest BCUT2D eigenvalue weighted by molar-refractivity contribution is 7.92. The third-order valence-corrected chi connectivity index (χ3v) is 5.08. The SMILES string of the molecule is CCCOc1ccc(N(CC(=O)Nc2cccc(C(=O)OCC)c2)S(C)(=O)=O)cc1. The van der Waals surface area contributed by atoms with Crippen LogP contribution in [0, 0.1) is 0 Å². The number of hydrogen-bond donors (Lipinski definition) is 1. The molecule has 9 heteroatoms. The summed E-state index contributed by atoms with van der Waals surface area (Å²) in [5.41, 5.74) is 0.997. The van der Waals surface area contributed by atoms with E-state index in [9.17, 15) is 18.0 Å². The van der Waals surface area contributed by atoms with E-state index in [1.807, 2.05) is 6.92 Å². The standard InChI is InChI=1S/C21H26N2O6S/c1-4-13-29-19-11-9-18(10-12-19)23(30(3,26)27)15-20(24)22-17-8-6-7-16(14-17)21(25)28-5-2/h6-12,14H,4-5,13,15H2,1-3H3,(H,22,24). The molecule has 1 N–H and O–H groups in total. The summed E-state index contributed by atoms with van der Waals surface area (Å²) < 4.78 is 35.9. The van der Waals surface area contributed by atoms with Crippen LogP contribution in [-0.2, 0) is 19.6 Å². The number of amides is 1. The first kappa shape index (κ1) is 23.2. The molecular weight excluding hydrogens is 408 g/mol. The highest BCUT2D eigenvalue weighted by Crippen LogP contribution is 2.22. The normalized spacial score (nSPS) is 10.9. The van der Waals surface area contributed by atoms with Crippen molar-refractivity contribution in [3.63, 3.8) is 0 Å². The van der Waals surface area contributed by atoms with Gasteiger partial charge in [0, 0.05) is 5.69 Å². The Bertz CT molecular complexity index is 973. The number of hydrogen-bond acceptors (Lipinski definition) is 6. The molecule has 0 fully saturated rings. The highest BCUT2D eigenvalue weighted by atomic mass is 32.2. The first-order valence-corrected chi connectivity index (χ1v) is 11.4. The molecule has 0 heterocycles. The Hall–Kier alpha value is -3.07. The second kappa shape index (κ2) is 10.6. The van der Waals surface area contributed by atoms with Gasteiger partial charge in [0.2, 0.25) is 15.9 Å². The summed E-state index contributed by atoms with van der Waals surface area (Å²) in [6, 6.07) is 12.7. The zero-order valence-electron chi connectivity index (χ0n) is 17.3. The summed E-state index contributed by atoms with van der Waals surface area (Å²) in [7, 11) is -3.71. The molecule has 0 spiro atoms. The van der Waals surface area contributed by atoms with Crippen molar-refractivity contribution in [1.82, 2.24) is 0 Å². The smallest absolute Gasteiger partial charge is 0.338 e. The van der Waals surface area contributed by atoms with Crippen molar-refractivity contribution in [3.05, 3.63) is 54.1 Å². The third-order valence-electron chi connectivity index (χ3n) is 3.94. The van der Waals surface area contributed by atoms with Crippen molar-refractivity contribution in [2.45, 2.75) is 20.3 Å². The predicted octanol–water partition coefficient (Wildman–Crippen LogP) is 3.06. The van der Waals surface area contributed by atoms with Crippen molar-refractivity contribution in [3.8, 4) is 5.75 Å². The largest absolute Gasteiger partial charge is 0.494 e. The Labute approximate surface area is 176 Å². The molecule has 30 heavy (non-hydrogen) atoms. The number of anilines is 2. The molecule has 8 nitrogen and oxygen atoms in total. The number of nitrogens with one attached hydrogen (secondary N) is 1. The van der Waals surface area contributed by atoms with E-state index < -0.39 is 28.4 Å². The topological polar surface area (TPSA) is 102 Å². The van der Waals surface area contributed by atoms with Crippen molar-refractivity contribution >= 4 is 33.3 Å². The minimum atomic E-state index is -3.71. The van der Waals surface area contributed by atoms with Gasteiger partial charge in [-0.2, -0.15) is 0 Å². The molecule has 0 aromatic heterocycles. The Balaban J connectivity index is 2.13. The number of nitrogens with zero attached hydrogens (tertiary/aromatic N) is 1. The zero-order chi connectivity index (χ0) is 22.1. The molecule has 1 amide bonds. The van der Waals surface area contributed by atoms with Crippen LogP contribution in [0.25, 0.3) is 0 Å². The van der Waals surface area contributed by atoms with Gasteiger partial charge in [0.15, 0.2) is 0 Å². The van der Waals surface area contributed by atoms with Gasteiger partial charge in [0.25, 0.3) is 0 Å². The van der Waals surface area contributed by atoms with Gasteiger partial charge in [-0.05, 0) is 55.8 Å². The second-order valence-electron chi connectivity index (χ2n) is 6.46. The number of rotatable bonds is 10. The fourth-order valence-corrected chi connectivity index (χ4v) is 3.45. The van der Waals surface area contributed by atoms with E-state index in [1.165, 1.54) is 6.07 Å². The van der Waals surface area contributed by atoms with Crippen LogP contribution in [0.5, 0.6) is 5.75 Å². The minimum absolute atomic E-state index is 0.237.